The van der Waals surface area contributed by atoms with Crippen LogP contribution >= 0.6 is 0 Å². The number of alkyl halides is 3. The molecule has 3 unspecified atom stereocenters. The molecule has 9 heteroatoms. The second kappa shape index (κ2) is 4.61. The van der Waals surface area contributed by atoms with Crippen molar-refractivity contribution >= 4 is 11.8 Å². The van der Waals surface area contributed by atoms with Crippen molar-refractivity contribution < 1.29 is 17.9 Å². The van der Waals surface area contributed by atoms with Crippen LogP contribution in [0.5, 0.6) is 0 Å². The van der Waals surface area contributed by atoms with E-state index in [0.29, 0.717) is 19.0 Å². The molecule has 0 radical (unpaired) electrons. The van der Waals surface area contributed by atoms with Crippen molar-refractivity contribution in [2.45, 2.75) is 43.8 Å². The van der Waals surface area contributed by atoms with Crippen LogP contribution in [0.25, 0.3) is 0 Å². The molecule has 0 saturated carbocycles. The fourth-order valence-electron chi connectivity index (χ4n) is 3.38. The van der Waals surface area contributed by atoms with Gasteiger partial charge in [-0.1, -0.05) is 0 Å². The monoisotopic (exact) mass is 316 g/mol. The zero-order valence-corrected chi connectivity index (χ0v) is 11.6. The number of hydrogen-bond acceptors (Lipinski definition) is 5. The Labute approximate surface area is 123 Å². The molecule has 0 spiro atoms. The fourth-order valence-corrected chi connectivity index (χ4v) is 3.38. The lowest BCUT2D eigenvalue weighted by molar-refractivity contribution is -0.145. The Morgan fingerprint density at radius 3 is 2.86 bits per heavy atom. The molecule has 4 rings (SSSR count). The Balaban J connectivity index is 1.67. The molecule has 2 fully saturated rings. The summed E-state index contributed by atoms with van der Waals surface area (Å²) in [4.78, 5) is 18.4. The quantitative estimate of drug-likeness (QED) is 0.836. The SMILES string of the molecule is O=c1cc(N2CC3CC2CO3)nc2n1CCC(C(F)(F)F)N2. The third-order valence-electron chi connectivity index (χ3n) is 4.53. The number of halogens is 3. The summed E-state index contributed by atoms with van der Waals surface area (Å²) in [5, 5.41) is 2.35. The molecule has 120 valence electrons. The van der Waals surface area contributed by atoms with Gasteiger partial charge in [0, 0.05) is 19.2 Å². The summed E-state index contributed by atoms with van der Waals surface area (Å²) < 4.78 is 45.3. The zero-order chi connectivity index (χ0) is 15.5. The van der Waals surface area contributed by atoms with Gasteiger partial charge in [-0.15, -0.1) is 0 Å². The molecule has 0 aromatic carbocycles. The van der Waals surface area contributed by atoms with Gasteiger partial charge >= 0.3 is 6.18 Å². The van der Waals surface area contributed by atoms with Crippen molar-refractivity contribution in [2.24, 2.45) is 0 Å². The van der Waals surface area contributed by atoms with Crippen LogP contribution in [0.2, 0.25) is 0 Å². The summed E-state index contributed by atoms with van der Waals surface area (Å²) in [6, 6.07) is -0.102. The van der Waals surface area contributed by atoms with Gasteiger partial charge in [-0.2, -0.15) is 18.2 Å². The van der Waals surface area contributed by atoms with Gasteiger partial charge < -0.3 is 15.0 Å². The predicted molar refractivity (Wildman–Crippen MR) is 72.1 cm³/mol. The molecule has 1 N–H and O–H groups in total. The minimum absolute atomic E-state index is 0.000216. The maximum absolute atomic E-state index is 12.9. The zero-order valence-electron chi connectivity index (χ0n) is 11.6. The number of anilines is 2. The molecule has 0 aliphatic carbocycles. The largest absolute Gasteiger partial charge is 0.408 e. The van der Waals surface area contributed by atoms with Crippen LogP contribution in [-0.2, 0) is 11.3 Å². The summed E-state index contributed by atoms with van der Waals surface area (Å²) in [7, 11) is 0. The maximum atomic E-state index is 12.9. The second-order valence-corrected chi connectivity index (χ2v) is 5.95. The standard InChI is InChI=1S/C13H15F3N4O2/c14-13(15,16)9-1-2-19-11(21)4-10(18-12(19)17-9)20-5-8-3-7(20)6-22-8/h4,7-9H,1-3,5-6H2,(H,17,18). The van der Waals surface area contributed by atoms with Crippen molar-refractivity contribution in [3.63, 3.8) is 0 Å². The van der Waals surface area contributed by atoms with E-state index >= 15 is 0 Å². The van der Waals surface area contributed by atoms with Crippen LogP contribution in [0.1, 0.15) is 12.8 Å². The smallest absolute Gasteiger partial charge is 0.374 e. The Bertz CT molecular complexity index is 660. The lowest BCUT2D eigenvalue weighted by Crippen LogP contribution is -2.45. The van der Waals surface area contributed by atoms with Gasteiger partial charge in [-0.25, -0.2) is 0 Å². The summed E-state index contributed by atoms with van der Waals surface area (Å²) in [5.74, 6) is 0.433. The first kappa shape index (κ1) is 13.9. The lowest BCUT2D eigenvalue weighted by Gasteiger charge is -2.31. The number of nitrogens with zero attached hydrogens (tertiary/aromatic N) is 3. The van der Waals surface area contributed by atoms with Crippen molar-refractivity contribution in [1.82, 2.24) is 9.55 Å². The van der Waals surface area contributed by atoms with Crippen LogP contribution < -0.4 is 15.8 Å². The highest BCUT2D eigenvalue weighted by Crippen LogP contribution is 2.33. The Hall–Kier alpha value is -1.77. The van der Waals surface area contributed by atoms with Gasteiger partial charge in [0.15, 0.2) is 0 Å². The number of fused-ring (bicyclic) bond motifs is 3. The molecule has 3 atom stereocenters. The normalized spacial score (nSPS) is 30.3. The van der Waals surface area contributed by atoms with Crippen LogP contribution in [0.15, 0.2) is 10.9 Å². The van der Waals surface area contributed by atoms with Crippen LogP contribution in [0.4, 0.5) is 24.9 Å². The van der Waals surface area contributed by atoms with Crippen molar-refractivity contribution in [2.75, 3.05) is 23.4 Å². The predicted octanol–water partition coefficient (Wildman–Crippen LogP) is 0.967. The first-order valence-electron chi connectivity index (χ1n) is 7.25. The van der Waals surface area contributed by atoms with Gasteiger partial charge in [0.25, 0.3) is 5.56 Å². The van der Waals surface area contributed by atoms with E-state index in [4.69, 9.17) is 4.74 Å². The molecule has 4 heterocycles. The van der Waals surface area contributed by atoms with Crippen LogP contribution in [0, 0.1) is 0 Å². The Morgan fingerprint density at radius 2 is 2.23 bits per heavy atom. The van der Waals surface area contributed by atoms with Gasteiger partial charge in [0.05, 0.1) is 18.8 Å². The molecule has 22 heavy (non-hydrogen) atoms. The molecule has 3 aliphatic rings. The number of aromatic nitrogens is 2. The fraction of sp³-hybridized carbons (Fsp3) is 0.692. The van der Waals surface area contributed by atoms with Gasteiger partial charge in [0.2, 0.25) is 5.95 Å². The second-order valence-electron chi connectivity index (χ2n) is 5.95. The van der Waals surface area contributed by atoms with Crippen LogP contribution in [-0.4, -0.2) is 47.1 Å². The first-order chi connectivity index (χ1) is 10.4. The third-order valence-corrected chi connectivity index (χ3v) is 4.53. The number of morpholine rings is 1. The molecule has 2 bridgehead atoms. The third kappa shape index (κ3) is 2.15. The minimum atomic E-state index is -4.35. The first-order valence-corrected chi connectivity index (χ1v) is 7.25. The van der Waals surface area contributed by atoms with E-state index in [-0.39, 0.29) is 36.6 Å². The number of hydrogen-bond donors (Lipinski definition) is 1. The molecule has 6 nitrogen and oxygen atoms in total. The van der Waals surface area contributed by atoms with E-state index in [1.165, 1.54) is 10.6 Å². The van der Waals surface area contributed by atoms with Gasteiger partial charge in [-0.05, 0) is 12.8 Å². The lowest BCUT2D eigenvalue weighted by atomic mass is 10.1. The summed E-state index contributed by atoms with van der Waals surface area (Å²) in [6.45, 7) is 1.22. The highest BCUT2D eigenvalue weighted by Gasteiger charge is 2.43. The number of nitrogens with one attached hydrogen (secondary N) is 1. The summed E-state index contributed by atoms with van der Waals surface area (Å²) in [5.41, 5.74) is -0.322. The molecule has 1 aromatic rings. The molecule has 2 saturated heterocycles. The van der Waals surface area contributed by atoms with Crippen molar-refractivity contribution in [3.05, 3.63) is 16.4 Å². The minimum Gasteiger partial charge on any atom is -0.374 e. The molecule has 0 amide bonds. The van der Waals surface area contributed by atoms with E-state index in [1.54, 1.807) is 0 Å². The molecule has 3 aliphatic heterocycles. The van der Waals surface area contributed by atoms with Crippen molar-refractivity contribution in [3.8, 4) is 0 Å². The number of rotatable bonds is 1. The number of ether oxygens (including phenoxy) is 1. The summed E-state index contributed by atoms with van der Waals surface area (Å²) in [6.07, 6.45) is -3.51. The van der Waals surface area contributed by atoms with Gasteiger partial charge in [0.1, 0.15) is 11.9 Å². The van der Waals surface area contributed by atoms with E-state index < -0.39 is 12.2 Å². The van der Waals surface area contributed by atoms with E-state index in [1.807, 2.05) is 4.90 Å². The van der Waals surface area contributed by atoms with Gasteiger partial charge in [-0.3, -0.25) is 9.36 Å². The average Bonchev–Trinajstić information content (AvgIpc) is 3.08. The van der Waals surface area contributed by atoms with E-state index in [9.17, 15) is 18.0 Å². The highest BCUT2D eigenvalue weighted by molar-refractivity contribution is 5.47. The summed E-state index contributed by atoms with van der Waals surface area (Å²) >= 11 is 0. The molecular formula is C13H15F3N4O2. The Kier molecular flexibility index (Phi) is 2.91. The van der Waals surface area contributed by atoms with Crippen molar-refractivity contribution in [1.29, 1.82) is 0 Å². The molecular weight excluding hydrogens is 301 g/mol. The van der Waals surface area contributed by atoms with Crippen LogP contribution in [0.3, 0.4) is 0 Å². The van der Waals surface area contributed by atoms with E-state index in [0.717, 1.165) is 6.42 Å². The average molecular weight is 316 g/mol. The highest BCUT2D eigenvalue weighted by atomic mass is 19.4. The maximum Gasteiger partial charge on any atom is 0.408 e. The topological polar surface area (TPSA) is 59.4 Å². The van der Waals surface area contributed by atoms with E-state index in [2.05, 4.69) is 10.3 Å². The Morgan fingerprint density at radius 1 is 1.41 bits per heavy atom. The molecule has 1 aromatic heterocycles.